The van der Waals surface area contributed by atoms with Gasteiger partial charge in [0.15, 0.2) is 0 Å². The van der Waals surface area contributed by atoms with Gasteiger partial charge in [-0.05, 0) is 13.0 Å². The largest absolute Gasteiger partial charge is 0.513 e. The topological polar surface area (TPSA) is 20.2 Å². The molecular formula is C5H10O. The summed E-state index contributed by atoms with van der Waals surface area (Å²) in [6.07, 6.45) is 2.44. The molecule has 0 aliphatic carbocycles. The molecule has 1 nitrogen and oxygen atoms in total. The molecular weight excluding hydrogens is 76.1 g/mol. The molecule has 0 fully saturated rings. The van der Waals surface area contributed by atoms with Gasteiger partial charge in [-0.3, -0.25) is 0 Å². The molecule has 0 aromatic heterocycles. The first-order valence-electron chi connectivity index (χ1n) is 2.15. The molecule has 1 heteroatoms. The second kappa shape index (κ2) is 2.76. The Morgan fingerprint density at radius 2 is 2.33 bits per heavy atom. The molecule has 0 aromatic carbocycles. The van der Waals surface area contributed by atoms with Gasteiger partial charge in [-0.1, -0.05) is 6.92 Å². The van der Waals surface area contributed by atoms with Crippen LogP contribution in [0.4, 0.5) is 0 Å². The summed E-state index contributed by atoms with van der Waals surface area (Å²) in [5, 5.41) is 8.53. The lowest BCUT2D eigenvalue weighted by Gasteiger charge is -1.84. The Labute approximate surface area is 38.3 Å². The molecule has 0 unspecified atom stereocenters. The SMILES string of the molecule is C/C=C(/O)CC. The van der Waals surface area contributed by atoms with Crippen LogP contribution in [-0.2, 0) is 0 Å². The van der Waals surface area contributed by atoms with Crippen molar-refractivity contribution in [2.24, 2.45) is 0 Å². The van der Waals surface area contributed by atoms with Gasteiger partial charge in [0, 0.05) is 6.42 Å². The molecule has 0 bridgehead atoms. The smallest absolute Gasteiger partial charge is 0.0877 e. The van der Waals surface area contributed by atoms with Gasteiger partial charge in [0.2, 0.25) is 0 Å². The van der Waals surface area contributed by atoms with E-state index in [1.807, 2.05) is 13.8 Å². The van der Waals surface area contributed by atoms with Gasteiger partial charge in [-0.25, -0.2) is 0 Å². The van der Waals surface area contributed by atoms with Crippen molar-refractivity contribution in [1.29, 1.82) is 0 Å². The summed E-state index contributed by atoms with van der Waals surface area (Å²) >= 11 is 0. The summed E-state index contributed by atoms with van der Waals surface area (Å²) in [6, 6.07) is 0. The van der Waals surface area contributed by atoms with Crippen LogP contribution in [0.15, 0.2) is 11.8 Å². The fourth-order valence-electron chi connectivity index (χ4n) is 0.204. The van der Waals surface area contributed by atoms with Crippen molar-refractivity contribution in [3.8, 4) is 0 Å². The van der Waals surface area contributed by atoms with E-state index >= 15 is 0 Å². The van der Waals surface area contributed by atoms with Crippen LogP contribution in [0.3, 0.4) is 0 Å². The third-order valence-electron chi connectivity index (χ3n) is 0.695. The van der Waals surface area contributed by atoms with Crippen molar-refractivity contribution in [2.75, 3.05) is 0 Å². The Morgan fingerprint density at radius 1 is 1.83 bits per heavy atom. The quantitative estimate of drug-likeness (QED) is 0.483. The number of aliphatic hydroxyl groups is 1. The second-order valence-corrected chi connectivity index (χ2v) is 1.13. The predicted octanol–water partition coefficient (Wildman–Crippen LogP) is 1.86. The van der Waals surface area contributed by atoms with Crippen molar-refractivity contribution in [3.05, 3.63) is 11.8 Å². The van der Waals surface area contributed by atoms with E-state index in [-0.39, 0.29) is 0 Å². The Bertz CT molecular complexity index is 55.0. The maximum absolute atomic E-state index is 8.53. The van der Waals surface area contributed by atoms with Crippen molar-refractivity contribution >= 4 is 0 Å². The highest BCUT2D eigenvalue weighted by atomic mass is 16.3. The van der Waals surface area contributed by atoms with Crippen LogP contribution >= 0.6 is 0 Å². The number of rotatable bonds is 1. The fraction of sp³-hybridized carbons (Fsp3) is 0.600. The van der Waals surface area contributed by atoms with Crippen LogP contribution in [0.2, 0.25) is 0 Å². The van der Waals surface area contributed by atoms with Crippen molar-refractivity contribution in [3.63, 3.8) is 0 Å². The zero-order chi connectivity index (χ0) is 4.99. The molecule has 0 radical (unpaired) electrons. The van der Waals surface area contributed by atoms with E-state index in [1.54, 1.807) is 6.08 Å². The summed E-state index contributed by atoms with van der Waals surface area (Å²) in [4.78, 5) is 0. The average molecular weight is 86.1 g/mol. The van der Waals surface area contributed by atoms with Gasteiger partial charge in [0.1, 0.15) is 0 Å². The van der Waals surface area contributed by atoms with Gasteiger partial charge in [-0.15, -0.1) is 0 Å². The molecule has 1 N–H and O–H groups in total. The summed E-state index contributed by atoms with van der Waals surface area (Å²) in [5.41, 5.74) is 0. The fourth-order valence-corrected chi connectivity index (χ4v) is 0.204. The van der Waals surface area contributed by atoms with Gasteiger partial charge >= 0.3 is 0 Å². The average Bonchev–Trinajstić information content (AvgIpc) is 1.65. The van der Waals surface area contributed by atoms with Crippen LogP contribution in [0.1, 0.15) is 20.3 Å². The predicted molar refractivity (Wildman–Crippen MR) is 26.7 cm³/mol. The van der Waals surface area contributed by atoms with Crippen LogP contribution in [0.25, 0.3) is 0 Å². The van der Waals surface area contributed by atoms with Crippen molar-refractivity contribution in [1.82, 2.24) is 0 Å². The number of allylic oxidation sites excluding steroid dienone is 2. The minimum atomic E-state index is 0.468. The molecule has 0 saturated carbocycles. The third-order valence-corrected chi connectivity index (χ3v) is 0.695. The van der Waals surface area contributed by atoms with Crippen molar-refractivity contribution in [2.45, 2.75) is 20.3 Å². The molecule has 0 aliphatic heterocycles. The van der Waals surface area contributed by atoms with Gasteiger partial charge in [-0.2, -0.15) is 0 Å². The molecule has 6 heavy (non-hydrogen) atoms. The molecule has 36 valence electrons. The van der Waals surface area contributed by atoms with Crippen LogP contribution in [-0.4, -0.2) is 5.11 Å². The first kappa shape index (κ1) is 5.54. The Hall–Kier alpha value is -0.460. The molecule has 0 rings (SSSR count). The summed E-state index contributed by atoms with van der Waals surface area (Å²) in [6.45, 7) is 3.73. The Morgan fingerprint density at radius 3 is 2.33 bits per heavy atom. The molecule has 0 saturated heterocycles. The maximum Gasteiger partial charge on any atom is 0.0877 e. The van der Waals surface area contributed by atoms with E-state index in [0.29, 0.717) is 5.76 Å². The third kappa shape index (κ3) is 1.82. The van der Waals surface area contributed by atoms with E-state index in [2.05, 4.69) is 0 Å². The van der Waals surface area contributed by atoms with Crippen molar-refractivity contribution < 1.29 is 5.11 Å². The first-order valence-corrected chi connectivity index (χ1v) is 2.15. The molecule has 0 atom stereocenters. The van der Waals surface area contributed by atoms with Crippen LogP contribution in [0.5, 0.6) is 0 Å². The van der Waals surface area contributed by atoms with E-state index in [4.69, 9.17) is 5.11 Å². The number of aliphatic hydroxyl groups excluding tert-OH is 1. The zero-order valence-electron chi connectivity index (χ0n) is 4.23. The lowest BCUT2D eigenvalue weighted by atomic mass is 10.4. The minimum Gasteiger partial charge on any atom is -0.513 e. The van der Waals surface area contributed by atoms with Crippen LogP contribution in [0, 0.1) is 0 Å². The maximum atomic E-state index is 8.53. The van der Waals surface area contributed by atoms with Gasteiger partial charge < -0.3 is 5.11 Å². The minimum absolute atomic E-state index is 0.468. The number of hydrogen-bond donors (Lipinski definition) is 1. The monoisotopic (exact) mass is 86.1 g/mol. The van der Waals surface area contributed by atoms with Gasteiger partial charge in [0.25, 0.3) is 0 Å². The Kier molecular flexibility index (Phi) is 2.55. The lowest BCUT2D eigenvalue weighted by Crippen LogP contribution is -1.70. The summed E-state index contributed by atoms with van der Waals surface area (Å²) in [5.74, 6) is 0.468. The molecule has 0 spiro atoms. The van der Waals surface area contributed by atoms with E-state index in [9.17, 15) is 0 Å². The highest BCUT2D eigenvalue weighted by Gasteiger charge is 1.76. The number of hydrogen-bond acceptors (Lipinski definition) is 1. The van der Waals surface area contributed by atoms with E-state index < -0.39 is 0 Å². The lowest BCUT2D eigenvalue weighted by molar-refractivity contribution is 0.393. The normalized spacial score (nSPS) is 12.0. The molecule has 0 heterocycles. The van der Waals surface area contributed by atoms with E-state index in [0.717, 1.165) is 6.42 Å². The van der Waals surface area contributed by atoms with Crippen LogP contribution < -0.4 is 0 Å². The van der Waals surface area contributed by atoms with Gasteiger partial charge in [0.05, 0.1) is 5.76 Å². The zero-order valence-corrected chi connectivity index (χ0v) is 4.23. The second-order valence-electron chi connectivity index (χ2n) is 1.13. The highest BCUT2D eigenvalue weighted by molar-refractivity contribution is 4.84. The van der Waals surface area contributed by atoms with E-state index in [1.165, 1.54) is 0 Å². The molecule has 0 aliphatic rings. The first-order chi connectivity index (χ1) is 2.81. The molecule has 0 amide bonds. The Balaban J connectivity index is 3.22. The molecule has 0 aromatic rings. The summed E-state index contributed by atoms with van der Waals surface area (Å²) < 4.78 is 0. The standard InChI is InChI=1S/C5H10O/c1-3-5(6)4-2/h3,6H,4H2,1-2H3/b5-3+. The highest BCUT2D eigenvalue weighted by Crippen LogP contribution is 1.89. The summed E-state index contributed by atoms with van der Waals surface area (Å²) in [7, 11) is 0.